The first-order valence-electron chi connectivity index (χ1n) is 12.1. The highest BCUT2D eigenvalue weighted by atomic mass is 19.1. The molecule has 1 aliphatic heterocycles. The number of carbonyl (C=O) groups is 1. The molecule has 1 saturated heterocycles. The Morgan fingerprint density at radius 2 is 1.92 bits per heavy atom. The summed E-state index contributed by atoms with van der Waals surface area (Å²) in [4.78, 5) is 19.6. The van der Waals surface area contributed by atoms with Gasteiger partial charge in [-0.15, -0.1) is 0 Å². The number of imidazole rings is 1. The quantitative estimate of drug-likeness (QED) is 0.383. The maximum Gasteiger partial charge on any atom is 0.240 e. The van der Waals surface area contributed by atoms with Crippen LogP contribution >= 0.6 is 0 Å². The Kier molecular flexibility index (Phi) is 6.97. The van der Waals surface area contributed by atoms with Crippen LogP contribution in [0.1, 0.15) is 40.4 Å². The summed E-state index contributed by atoms with van der Waals surface area (Å²) < 4.78 is 15.9. The topological polar surface area (TPSA) is 94.2 Å². The molecule has 0 saturated carbocycles. The summed E-state index contributed by atoms with van der Waals surface area (Å²) in [6.45, 7) is 1.40. The van der Waals surface area contributed by atoms with Gasteiger partial charge < -0.3 is 19.9 Å². The van der Waals surface area contributed by atoms with E-state index in [1.54, 1.807) is 36.8 Å². The SMILES string of the molecule is N#Cc1ccc(Cn2cncc2CN[C@@H]2CCN([C@H](c3ccccc3)c3cccc(O)c3)C2=O)cc1F. The minimum atomic E-state index is -0.545. The van der Waals surface area contributed by atoms with Crippen molar-refractivity contribution < 1.29 is 14.3 Å². The fourth-order valence-corrected chi connectivity index (χ4v) is 4.84. The second-order valence-electron chi connectivity index (χ2n) is 9.10. The maximum absolute atomic E-state index is 14.0. The number of amides is 1. The molecule has 0 spiro atoms. The van der Waals surface area contributed by atoms with Gasteiger partial charge in [0, 0.05) is 25.8 Å². The van der Waals surface area contributed by atoms with E-state index in [1.807, 2.05) is 51.9 Å². The number of hydrogen-bond donors (Lipinski definition) is 2. The van der Waals surface area contributed by atoms with Crippen molar-refractivity contribution in [3.8, 4) is 11.8 Å². The first-order chi connectivity index (χ1) is 18.0. The zero-order valence-electron chi connectivity index (χ0n) is 20.1. The van der Waals surface area contributed by atoms with Gasteiger partial charge in [0.05, 0.1) is 29.7 Å². The molecule has 1 aromatic heterocycles. The maximum atomic E-state index is 14.0. The molecule has 1 fully saturated rings. The average molecular weight is 496 g/mol. The summed E-state index contributed by atoms with van der Waals surface area (Å²) in [6, 6.07) is 22.6. The Labute approximate surface area is 214 Å². The third-order valence-electron chi connectivity index (χ3n) is 6.69. The molecule has 3 aromatic carbocycles. The summed E-state index contributed by atoms with van der Waals surface area (Å²) in [5.74, 6) is -0.385. The molecule has 186 valence electrons. The van der Waals surface area contributed by atoms with Gasteiger partial charge in [-0.05, 0) is 47.4 Å². The molecule has 1 amide bonds. The van der Waals surface area contributed by atoms with Gasteiger partial charge in [0.15, 0.2) is 0 Å². The van der Waals surface area contributed by atoms with Crippen molar-refractivity contribution in [3.63, 3.8) is 0 Å². The lowest BCUT2D eigenvalue weighted by Crippen LogP contribution is -2.40. The molecular formula is C29H26FN5O2. The Morgan fingerprint density at radius 3 is 2.68 bits per heavy atom. The van der Waals surface area contributed by atoms with Crippen LogP contribution in [0.25, 0.3) is 0 Å². The van der Waals surface area contributed by atoms with Crippen LogP contribution in [0.4, 0.5) is 4.39 Å². The van der Waals surface area contributed by atoms with Crippen molar-refractivity contribution >= 4 is 5.91 Å². The fourth-order valence-electron chi connectivity index (χ4n) is 4.84. The summed E-state index contributed by atoms with van der Waals surface area (Å²) >= 11 is 0. The van der Waals surface area contributed by atoms with Gasteiger partial charge in [-0.3, -0.25) is 4.79 Å². The Balaban J connectivity index is 1.29. The lowest BCUT2D eigenvalue weighted by molar-refractivity contribution is -0.130. The van der Waals surface area contributed by atoms with Crippen molar-refractivity contribution in [2.24, 2.45) is 0 Å². The van der Waals surface area contributed by atoms with Gasteiger partial charge >= 0.3 is 0 Å². The van der Waals surface area contributed by atoms with E-state index in [-0.39, 0.29) is 29.3 Å². The Bertz CT molecular complexity index is 1450. The number of phenolic OH excluding ortho intramolecular Hbond substituents is 1. The smallest absolute Gasteiger partial charge is 0.240 e. The standard InChI is InChI=1S/C29H26FN5O2/c30-26-13-20(9-10-23(26)15-31)18-34-19-32-16-24(34)17-33-27-11-12-35(29(27)37)28(21-5-2-1-3-6-21)22-7-4-8-25(36)14-22/h1-10,13-14,16,19,27-28,33,36H,11-12,17-18H2/t27-,28-/m1/s1. The number of nitrogens with zero attached hydrogens (tertiary/aromatic N) is 4. The molecule has 0 unspecified atom stereocenters. The Hall–Kier alpha value is -4.48. The monoisotopic (exact) mass is 495 g/mol. The number of carbonyl (C=O) groups excluding carboxylic acids is 1. The molecular weight excluding hydrogens is 469 g/mol. The fraction of sp³-hybridized carbons (Fsp3) is 0.207. The normalized spacial score (nSPS) is 16.1. The highest BCUT2D eigenvalue weighted by molar-refractivity contribution is 5.85. The molecule has 2 heterocycles. The van der Waals surface area contributed by atoms with Crippen LogP contribution in [0, 0.1) is 17.1 Å². The van der Waals surface area contributed by atoms with Gasteiger partial charge in [0.2, 0.25) is 5.91 Å². The Morgan fingerprint density at radius 1 is 1.11 bits per heavy atom. The number of halogens is 1. The van der Waals surface area contributed by atoms with E-state index in [2.05, 4.69) is 10.3 Å². The number of nitrogens with one attached hydrogen (secondary N) is 1. The highest BCUT2D eigenvalue weighted by Gasteiger charge is 2.37. The van der Waals surface area contributed by atoms with Crippen molar-refractivity contribution in [2.75, 3.05) is 6.54 Å². The van der Waals surface area contributed by atoms with E-state index in [0.29, 0.717) is 26.1 Å². The largest absolute Gasteiger partial charge is 0.508 e. The molecule has 7 nitrogen and oxygen atoms in total. The molecule has 0 aliphatic carbocycles. The van der Waals surface area contributed by atoms with Gasteiger partial charge in [-0.2, -0.15) is 5.26 Å². The van der Waals surface area contributed by atoms with Crippen LogP contribution in [-0.4, -0.2) is 38.1 Å². The molecule has 8 heteroatoms. The van der Waals surface area contributed by atoms with E-state index >= 15 is 0 Å². The molecule has 5 rings (SSSR count). The molecule has 2 atom stereocenters. The molecule has 2 N–H and O–H groups in total. The first-order valence-corrected chi connectivity index (χ1v) is 12.1. The minimum Gasteiger partial charge on any atom is -0.508 e. The van der Waals surface area contributed by atoms with Gasteiger partial charge in [0.25, 0.3) is 0 Å². The first kappa shape index (κ1) is 24.2. The highest BCUT2D eigenvalue weighted by Crippen LogP contribution is 2.33. The third-order valence-corrected chi connectivity index (χ3v) is 6.69. The number of aromatic hydroxyl groups is 1. The summed E-state index contributed by atoms with van der Waals surface area (Å²) in [6.07, 6.45) is 4.04. The molecule has 0 radical (unpaired) electrons. The van der Waals surface area contributed by atoms with Crippen molar-refractivity contribution in [3.05, 3.63) is 119 Å². The number of likely N-dealkylation sites (tertiary alicyclic amines) is 1. The van der Waals surface area contributed by atoms with Gasteiger partial charge in [-0.1, -0.05) is 48.5 Å². The van der Waals surface area contributed by atoms with E-state index in [4.69, 9.17) is 5.26 Å². The zero-order chi connectivity index (χ0) is 25.8. The predicted molar refractivity (Wildman–Crippen MR) is 136 cm³/mol. The number of nitriles is 1. The number of hydrogen-bond acceptors (Lipinski definition) is 5. The van der Waals surface area contributed by atoms with Crippen LogP contribution in [-0.2, 0) is 17.9 Å². The number of aromatic nitrogens is 2. The van der Waals surface area contributed by atoms with Crippen molar-refractivity contribution in [2.45, 2.75) is 31.6 Å². The third kappa shape index (κ3) is 5.22. The molecule has 37 heavy (non-hydrogen) atoms. The van der Waals surface area contributed by atoms with Crippen LogP contribution in [0.3, 0.4) is 0 Å². The second-order valence-corrected chi connectivity index (χ2v) is 9.10. The van der Waals surface area contributed by atoms with Crippen LogP contribution in [0.2, 0.25) is 0 Å². The lowest BCUT2D eigenvalue weighted by atomic mass is 9.97. The minimum absolute atomic E-state index is 0.00238. The summed E-state index contributed by atoms with van der Waals surface area (Å²) in [5, 5.41) is 22.4. The van der Waals surface area contributed by atoms with E-state index in [0.717, 1.165) is 22.4 Å². The second kappa shape index (κ2) is 10.6. The molecule has 4 aromatic rings. The number of rotatable bonds is 8. The number of phenols is 1. The zero-order valence-corrected chi connectivity index (χ0v) is 20.1. The van der Waals surface area contributed by atoms with E-state index < -0.39 is 5.82 Å². The average Bonchev–Trinajstić information content (AvgIpc) is 3.50. The van der Waals surface area contributed by atoms with Crippen molar-refractivity contribution in [1.82, 2.24) is 19.8 Å². The van der Waals surface area contributed by atoms with E-state index in [1.165, 1.54) is 12.1 Å². The van der Waals surface area contributed by atoms with Crippen LogP contribution in [0.5, 0.6) is 5.75 Å². The van der Waals surface area contributed by atoms with E-state index in [9.17, 15) is 14.3 Å². The van der Waals surface area contributed by atoms with Crippen LogP contribution < -0.4 is 5.32 Å². The lowest BCUT2D eigenvalue weighted by Gasteiger charge is -2.29. The molecule has 0 bridgehead atoms. The van der Waals surface area contributed by atoms with Crippen LogP contribution in [0.15, 0.2) is 85.3 Å². The van der Waals surface area contributed by atoms with Crippen molar-refractivity contribution in [1.29, 1.82) is 5.26 Å². The summed E-state index contributed by atoms with van der Waals surface area (Å²) in [7, 11) is 0. The summed E-state index contributed by atoms with van der Waals surface area (Å²) in [5.41, 5.74) is 3.43. The van der Waals surface area contributed by atoms with Gasteiger partial charge in [0.1, 0.15) is 17.6 Å². The predicted octanol–water partition coefficient (Wildman–Crippen LogP) is 4.13. The molecule has 1 aliphatic rings. The number of benzene rings is 3. The van der Waals surface area contributed by atoms with Gasteiger partial charge in [-0.25, -0.2) is 9.37 Å².